The lowest BCUT2D eigenvalue weighted by molar-refractivity contribution is -0.118. The van der Waals surface area contributed by atoms with E-state index < -0.39 is 24.2 Å². The molecule has 10 heteroatoms. The summed E-state index contributed by atoms with van der Waals surface area (Å²) in [7, 11) is 3.25. The van der Waals surface area contributed by atoms with Crippen molar-refractivity contribution in [1.82, 2.24) is 20.2 Å². The third kappa shape index (κ3) is 4.35. The predicted octanol–water partition coefficient (Wildman–Crippen LogP) is 2.71. The van der Waals surface area contributed by atoms with Crippen LogP contribution in [0.25, 0.3) is 10.9 Å². The molecule has 1 fully saturated rings. The van der Waals surface area contributed by atoms with E-state index in [0.717, 1.165) is 0 Å². The predicted molar refractivity (Wildman–Crippen MR) is 110 cm³/mol. The van der Waals surface area contributed by atoms with E-state index in [9.17, 15) is 13.6 Å². The number of fused-ring (bicyclic) bond motifs is 1. The van der Waals surface area contributed by atoms with Gasteiger partial charge in [-0.05, 0) is 30.5 Å². The van der Waals surface area contributed by atoms with Crippen molar-refractivity contribution in [3.05, 3.63) is 41.9 Å². The zero-order valence-electron chi connectivity index (χ0n) is 16.7. The molecule has 0 saturated heterocycles. The molecule has 3 aromatic heterocycles. The molecule has 0 aliphatic heterocycles. The number of halogens is 2. The average Bonchev–Trinajstić information content (AvgIpc) is 3.59. The van der Waals surface area contributed by atoms with Gasteiger partial charge < -0.3 is 15.4 Å². The molecule has 3 aromatic rings. The number of hydrogen-bond donors (Lipinski definition) is 2. The normalized spacial score (nSPS) is 17.1. The minimum Gasteiger partial charge on any atom is -0.495 e. The standard InChI is InChI=1S/C21H18F2N6O2/c1-24-20-18-14(8-17(28-29-18)27-21(30)16-7-15(16)19(22)23)11(9-26-20)3-4-12-5-6-13(31-2)10-25-12/h5-6,8-10,15-16,19H,7H2,1-2H3,(H,24,26)(H,27,28,30)/t15-,16+/m0/s1. The molecule has 31 heavy (non-hydrogen) atoms. The Hall–Kier alpha value is -3.87. The number of alkyl halides is 2. The van der Waals surface area contributed by atoms with E-state index in [2.05, 4.69) is 42.6 Å². The van der Waals surface area contributed by atoms with E-state index in [1.807, 2.05) is 0 Å². The molecule has 0 bridgehead atoms. The van der Waals surface area contributed by atoms with Crippen LogP contribution in [0.1, 0.15) is 17.7 Å². The molecule has 0 spiro atoms. The molecule has 3 heterocycles. The van der Waals surface area contributed by atoms with E-state index >= 15 is 0 Å². The van der Waals surface area contributed by atoms with Crippen LogP contribution in [0.4, 0.5) is 20.4 Å². The fourth-order valence-electron chi connectivity index (χ4n) is 3.10. The number of rotatable bonds is 5. The minimum absolute atomic E-state index is 0.163. The summed E-state index contributed by atoms with van der Waals surface area (Å²) in [5.41, 5.74) is 1.55. The largest absolute Gasteiger partial charge is 0.495 e. The first kappa shape index (κ1) is 20.4. The Labute approximate surface area is 176 Å². The Morgan fingerprint density at radius 2 is 2.06 bits per heavy atom. The van der Waals surface area contributed by atoms with E-state index in [0.29, 0.717) is 33.7 Å². The van der Waals surface area contributed by atoms with Gasteiger partial charge in [0.1, 0.15) is 17.0 Å². The number of ether oxygens (including phenoxy) is 1. The molecule has 2 N–H and O–H groups in total. The molecule has 1 aliphatic carbocycles. The van der Waals surface area contributed by atoms with Crippen molar-refractivity contribution in [2.24, 2.45) is 11.8 Å². The summed E-state index contributed by atoms with van der Waals surface area (Å²) in [5, 5.41) is 14.2. The van der Waals surface area contributed by atoms with Gasteiger partial charge in [-0.15, -0.1) is 10.2 Å². The van der Waals surface area contributed by atoms with Crippen LogP contribution in [0.3, 0.4) is 0 Å². The van der Waals surface area contributed by atoms with Gasteiger partial charge in [-0.3, -0.25) is 4.79 Å². The first-order valence-electron chi connectivity index (χ1n) is 9.45. The van der Waals surface area contributed by atoms with Gasteiger partial charge in [-0.2, -0.15) is 0 Å². The molecule has 1 saturated carbocycles. The number of carbonyl (C=O) groups is 1. The summed E-state index contributed by atoms with van der Waals surface area (Å²) >= 11 is 0. The Bertz CT molecular complexity index is 1190. The topological polar surface area (TPSA) is 102 Å². The second-order valence-corrected chi connectivity index (χ2v) is 6.93. The second kappa shape index (κ2) is 8.47. The SMILES string of the molecule is CNc1ncc(C#Cc2ccc(OC)cn2)c2cc(NC(=O)[C@@H]3C[C@@H]3C(F)F)nnc12. The first-order chi connectivity index (χ1) is 15.0. The van der Waals surface area contributed by atoms with Gasteiger partial charge in [-0.1, -0.05) is 5.92 Å². The van der Waals surface area contributed by atoms with Gasteiger partial charge in [0.05, 0.1) is 18.9 Å². The number of amides is 1. The minimum atomic E-state index is -2.50. The molecular formula is C21H18F2N6O2. The van der Waals surface area contributed by atoms with Gasteiger partial charge in [-0.25, -0.2) is 18.7 Å². The van der Waals surface area contributed by atoms with Crippen LogP contribution in [0.2, 0.25) is 0 Å². The third-order valence-corrected chi connectivity index (χ3v) is 4.92. The maximum atomic E-state index is 12.7. The molecule has 0 aromatic carbocycles. The van der Waals surface area contributed by atoms with Crippen LogP contribution < -0.4 is 15.4 Å². The number of methoxy groups -OCH3 is 1. The summed E-state index contributed by atoms with van der Waals surface area (Å²) in [6.07, 6.45) is 0.806. The monoisotopic (exact) mass is 424 g/mol. The lowest BCUT2D eigenvalue weighted by atomic mass is 10.1. The highest BCUT2D eigenvalue weighted by atomic mass is 19.3. The molecular weight excluding hydrogens is 406 g/mol. The summed E-state index contributed by atoms with van der Waals surface area (Å²) in [6.45, 7) is 0. The zero-order chi connectivity index (χ0) is 22.0. The highest BCUT2D eigenvalue weighted by Crippen LogP contribution is 2.43. The smallest absolute Gasteiger partial charge is 0.242 e. The van der Waals surface area contributed by atoms with Crippen molar-refractivity contribution < 1.29 is 18.3 Å². The number of carbonyl (C=O) groups excluding carboxylic acids is 1. The lowest BCUT2D eigenvalue weighted by Crippen LogP contribution is -2.17. The van der Waals surface area contributed by atoms with Crippen LogP contribution in [0, 0.1) is 23.7 Å². The van der Waals surface area contributed by atoms with Crippen LogP contribution in [0.5, 0.6) is 5.75 Å². The summed E-state index contributed by atoms with van der Waals surface area (Å²) < 4.78 is 30.5. The summed E-state index contributed by atoms with van der Waals surface area (Å²) in [4.78, 5) is 20.7. The maximum absolute atomic E-state index is 12.7. The van der Waals surface area contributed by atoms with Crippen molar-refractivity contribution in [2.45, 2.75) is 12.8 Å². The van der Waals surface area contributed by atoms with Crippen molar-refractivity contribution in [2.75, 3.05) is 24.8 Å². The van der Waals surface area contributed by atoms with Gasteiger partial charge in [0.2, 0.25) is 12.3 Å². The van der Waals surface area contributed by atoms with Crippen LogP contribution >= 0.6 is 0 Å². The molecule has 2 atom stereocenters. The molecule has 0 radical (unpaired) electrons. The molecule has 158 valence electrons. The first-order valence-corrected chi connectivity index (χ1v) is 9.45. The van der Waals surface area contributed by atoms with Gasteiger partial charge >= 0.3 is 0 Å². The Morgan fingerprint density at radius 1 is 1.23 bits per heavy atom. The van der Waals surface area contributed by atoms with Gasteiger partial charge in [0, 0.05) is 30.5 Å². The zero-order valence-corrected chi connectivity index (χ0v) is 16.7. The van der Waals surface area contributed by atoms with Crippen molar-refractivity contribution >= 4 is 28.4 Å². The lowest BCUT2D eigenvalue weighted by Gasteiger charge is -2.08. The van der Waals surface area contributed by atoms with Crippen LogP contribution in [-0.4, -0.2) is 46.7 Å². The van der Waals surface area contributed by atoms with Gasteiger partial charge in [0.25, 0.3) is 0 Å². The number of nitrogens with one attached hydrogen (secondary N) is 2. The van der Waals surface area contributed by atoms with Crippen molar-refractivity contribution in [1.29, 1.82) is 0 Å². The quantitative estimate of drug-likeness (QED) is 0.607. The Kier molecular flexibility index (Phi) is 5.58. The highest BCUT2D eigenvalue weighted by molar-refractivity contribution is 5.97. The Balaban J connectivity index is 1.65. The average molecular weight is 424 g/mol. The maximum Gasteiger partial charge on any atom is 0.242 e. The second-order valence-electron chi connectivity index (χ2n) is 6.93. The van der Waals surface area contributed by atoms with Crippen LogP contribution in [0.15, 0.2) is 30.6 Å². The van der Waals surface area contributed by atoms with Crippen molar-refractivity contribution in [3.63, 3.8) is 0 Å². The summed E-state index contributed by atoms with van der Waals surface area (Å²) in [5.74, 6) is 5.15. The van der Waals surface area contributed by atoms with E-state index in [-0.39, 0.29) is 12.2 Å². The molecule has 8 nitrogen and oxygen atoms in total. The van der Waals surface area contributed by atoms with E-state index in [4.69, 9.17) is 4.74 Å². The molecule has 0 unspecified atom stereocenters. The number of nitrogens with zero attached hydrogens (tertiary/aromatic N) is 4. The number of hydrogen-bond acceptors (Lipinski definition) is 7. The molecule has 4 rings (SSSR count). The van der Waals surface area contributed by atoms with E-state index in [1.165, 1.54) is 0 Å². The van der Waals surface area contributed by atoms with E-state index in [1.54, 1.807) is 44.8 Å². The van der Waals surface area contributed by atoms with Crippen molar-refractivity contribution in [3.8, 4) is 17.6 Å². The number of pyridine rings is 2. The fourth-order valence-corrected chi connectivity index (χ4v) is 3.10. The summed E-state index contributed by atoms with van der Waals surface area (Å²) in [6, 6.07) is 5.08. The Morgan fingerprint density at radius 3 is 2.71 bits per heavy atom. The van der Waals surface area contributed by atoms with Crippen LogP contribution in [-0.2, 0) is 4.79 Å². The number of aromatic nitrogens is 4. The third-order valence-electron chi connectivity index (χ3n) is 4.92. The fraction of sp³-hybridized carbons (Fsp3) is 0.286. The number of anilines is 2. The molecule has 1 aliphatic rings. The highest BCUT2D eigenvalue weighted by Gasteiger charge is 2.48. The van der Waals surface area contributed by atoms with Gasteiger partial charge in [0.15, 0.2) is 11.6 Å². The molecule has 1 amide bonds.